The van der Waals surface area contributed by atoms with Crippen molar-refractivity contribution >= 4 is 29.0 Å². The van der Waals surface area contributed by atoms with Gasteiger partial charge in [0.25, 0.3) is 5.91 Å². The maximum absolute atomic E-state index is 13.2. The lowest BCUT2D eigenvalue weighted by atomic mass is 10.2. The predicted octanol–water partition coefficient (Wildman–Crippen LogP) is 5.04. The lowest BCUT2D eigenvalue weighted by Gasteiger charge is -2.34. The van der Waals surface area contributed by atoms with Gasteiger partial charge in [0.1, 0.15) is 16.5 Å². The first kappa shape index (κ1) is 27.1. The molecule has 0 spiro atoms. The average Bonchev–Trinajstić information content (AvgIpc) is 3.68. The van der Waals surface area contributed by atoms with Gasteiger partial charge in [0.2, 0.25) is 0 Å². The number of ether oxygens (including phenoxy) is 1. The van der Waals surface area contributed by atoms with E-state index in [-0.39, 0.29) is 5.91 Å². The number of thiazole rings is 1. The van der Waals surface area contributed by atoms with Crippen LogP contribution >= 0.6 is 23.1 Å². The molecular weight excluding hydrogens is 555 g/mol. The third-order valence-electron chi connectivity index (χ3n) is 6.90. The normalized spacial score (nSPS) is 13.8. The van der Waals surface area contributed by atoms with E-state index in [0.717, 1.165) is 41.6 Å². The van der Waals surface area contributed by atoms with Crippen LogP contribution in [0.25, 0.3) is 17.1 Å². The van der Waals surface area contributed by atoms with Crippen LogP contribution in [0.5, 0.6) is 5.75 Å². The molecule has 4 heterocycles. The van der Waals surface area contributed by atoms with Gasteiger partial charge in [-0.15, -0.1) is 21.5 Å². The number of para-hydroxylation sites is 2. The van der Waals surface area contributed by atoms with Crippen molar-refractivity contribution < 1.29 is 9.53 Å². The maximum atomic E-state index is 13.2. The summed E-state index contributed by atoms with van der Waals surface area (Å²) in [5.74, 6) is 1.97. The number of rotatable bonds is 9. The Bertz CT molecular complexity index is 1600. The number of nitrogens with zero attached hydrogens (tertiary/aromatic N) is 7. The van der Waals surface area contributed by atoms with Crippen molar-refractivity contribution in [3.05, 3.63) is 101 Å². The maximum Gasteiger partial charge on any atom is 0.273 e. The summed E-state index contributed by atoms with van der Waals surface area (Å²) < 4.78 is 7.64. The summed E-state index contributed by atoms with van der Waals surface area (Å²) in [6, 6.07) is 22.1. The van der Waals surface area contributed by atoms with E-state index in [4.69, 9.17) is 9.72 Å². The minimum atomic E-state index is -0.00553. The van der Waals surface area contributed by atoms with Gasteiger partial charge in [-0.25, -0.2) is 4.98 Å². The van der Waals surface area contributed by atoms with E-state index in [0.29, 0.717) is 35.5 Å². The minimum Gasteiger partial charge on any atom is -0.495 e. The highest BCUT2D eigenvalue weighted by atomic mass is 32.2. The Hall–Kier alpha value is -4.06. The summed E-state index contributed by atoms with van der Waals surface area (Å²) in [6.45, 7) is 4.02. The van der Waals surface area contributed by atoms with Gasteiger partial charge >= 0.3 is 0 Å². The zero-order valence-corrected chi connectivity index (χ0v) is 24.2. The van der Waals surface area contributed by atoms with Crippen molar-refractivity contribution in [2.45, 2.75) is 17.5 Å². The van der Waals surface area contributed by atoms with Crippen LogP contribution in [-0.4, -0.2) is 73.7 Å². The lowest BCUT2D eigenvalue weighted by Crippen LogP contribution is -2.48. The molecule has 1 aliphatic heterocycles. The van der Waals surface area contributed by atoms with Crippen LogP contribution in [0.1, 0.15) is 21.1 Å². The minimum absolute atomic E-state index is 0.00553. The second kappa shape index (κ2) is 12.6. The summed E-state index contributed by atoms with van der Waals surface area (Å²) in [7, 11) is 1.65. The molecular formula is C30H29N7O2S2. The largest absolute Gasteiger partial charge is 0.495 e. The molecule has 41 heavy (non-hydrogen) atoms. The monoisotopic (exact) mass is 583 g/mol. The van der Waals surface area contributed by atoms with Crippen LogP contribution in [0.4, 0.5) is 0 Å². The molecule has 9 nitrogen and oxygen atoms in total. The number of pyridine rings is 1. The van der Waals surface area contributed by atoms with Crippen molar-refractivity contribution in [3.63, 3.8) is 0 Å². The third-order valence-corrected chi connectivity index (χ3v) is 8.87. The number of thioether (sulfide) groups is 1. The van der Waals surface area contributed by atoms with E-state index in [1.165, 1.54) is 28.7 Å². The van der Waals surface area contributed by atoms with Crippen molar-refractivity contribution in [2.24, 2.45) is 0 Å². The lowest BCUT2D eigenvalue weighted by molar-refractivity contribution is 0.0623. The number of amides is 1. The number of carbonyl (C=O) groups excluding carboxylic acids is 1. The van der Waals surface area contributed by atoms with Crippen LogP contribution in [0, 0.1) is 0 Å². The molecule has 1 aliphatic rings. The van der Waals surface area contributed by atoms with E-state index >= 15 is 0 Å². The molecule has 1 amide bonds. The number of piperazine rings is 1. The fourth-order valence-corrected chi connectivity index (χ4v) is 6.53. The summed E-state index contributed by atoms with van der Waals surface area (Å²) in [6.07, 6.45) is 3.47. The summed E-state index contributed by atoms with van der Waals surface area (Å²) in [5.41, 5.74) is 3.54. The van der Waals surface area contributed by atoms with Gasteiger partial charge in [-0.05, 0) is 29.8 Å². The molecule has 0 unspecified atom stereocenters. The van der Waals surface area contributed by atoms with E-state index < -0.39 is 0 Å². The highest BCUT2D eigenvalue weighted by Crippen LogP contribution is 2.34. The molecule has 0 N–H and O–H groups in total. The molecule has 1 saturated heterocycles. The molecule has 0 aliphatic carbocycles. The van der Waals surface area contributed by atoms with E-state index in [1.807, 2.05) is 57.3 Å². The molecule has 0 saturated carbocycles. The van der Waals surface area contributed by atoms with Gasteiger partial charge in [-0.1, -0.05) is 54.2 Å². The predicted molar refractivity (Wildman–Crippen MR) is 160 cm³/mol. The highest BCUT2D eigenvalue weighted by Gasteiger charge is 2.24. The number of hydrogen-bond acceptors (Lipinski definition) is 9. The van der Waals surface area contributed by atoms with Gasteiger partial charge in [0.05, 0.1) is 18.6 Å². The highest BCUT2D eigenvalue weighted by molar-refractivity contribution is 7.98. The van der Waals surface area contributed by atoms with Gasteiger partial charge in [0, 0.05) is 56.1 Å². The number of benzene rings is 2. The Labute approximate surface area is 246 Å². The number of aromatic nitrogens is 5. The van der Waals surface area contributed by atoms with Gasteiger partial charge in [0.15, 0.2) is 11.0 Å². The molecule has 0 radical (unpaired) electrons. The fourth-order valence-electron chi connectivity index (χ4n) is 4.80. The summed E-state index contributed by atoms with van der Waals surface area (Å²) in [4.78, 5) is 26.3. The number of carbonyl (C=O) groups is 1. The average molecular weight is 584 g/mol. The van der Waals surface area contributed by atoms with Crippen molar-refractivity contribution in [1.29, 1.82) is 0 Å². The van der Waals surface area contributed by atoms with Crippen LogP contribution in [0.2, 0.25) is 0 Å². The zero-order valence-electron chi connectivity index (χ0n) is 22.6. The molecule has 3 aromatic heterocycles. The molecule has 6 rings (SSSR count). The second-order valence-corrected chi connectivity index (χ2v) is 11.4. The van der Waals surface area contributed by atoms with Crippen LogP contribution < -0.4 is 4.74 Å². The zero-order chi connectivity index (χ0) is 28.0. The molecule has 5 aromatic rings. The summed E-state index contributed by atoms with van der Waals surface area (Å²) >= 11 is 3.02. The standard InChI is InChI=1S/C30H29N7O2S2/c1-39-26-10-6-5-9-25(26)37-28(23-11-13-31-14-12-23)33-34-30(37)41-21-27-32-24(20-40-27)29(38)36-17-15-35(16-18-36)19-22-7-3-2-4-8-22/h2-14,20H,15-19,21H2,1H3. The van der Waals surface area contributed by atoms with Gasteiger partial charge < -0.3 is 9.64 Å². The Morgan fingerprint density at radius 1 is 0.951 bits per heavy atom. The van der Waals surface area contributed by atoms with Crippen molar-refractivity contribution in [2.75, 3.05) is 33.3 Å². The van der Waals surface area contributed by atoms with E-state index in [2.05, 4.69) is 44.3 Å². The summed E-state index contributed by atoms with van der Waals surface area (Å²) in [5, 5.41) is 12.4. The van der Waals surface area contributed by atoms with Gasteiger partial charge in [-0.3, -0.25) is 19.2 Å². The van der Waals surface area contributed by atoms with E-state index in [9.17, 15) is 4.79 Å². The first-order valence-electron chi connectivity index (χ1n) is 13.3. The topological polar surface area (TPSA) is 89.3 Å². The van der Waals surface area contributed by atoms with E-state index in [1.54, 1.807) is 19.5 Å². The molecule has 208 valence electrons. The van der Waals surface area contributed by atoms with Crippen LogP contribution in [0.3, 0.4) is 0 Å². The fraction of sp³-hybridized carbons (Fsp3) is 0.233. The van der Waals surface area contributed by atoms with Gasteiger partial charge in [-0.2, -0.15) is 0 Å². The quantitative estimate of drug-likeness (QED) is 0.223. The smallest absolute Gasteiger partial charge is 0.273 e. The Kier molecular flexibility index (Phi) is 8.36. The first-order valence-corrected chi connectivity index (χ1v) is 15.2. The first-order chi connectivity index (χ1) is 20.2. The number of methoxy groups -OCH3 is 1. The molecule has 1 fully saturated rings. The van der Waals surface area contributed by atoms with Crippen molar-refractivity contribution in [3.8, 4) is 22.8 Å². The second-order valence-electron chi connectivity index (χ2n) is 9.52. The van der Waals surface area contributed by atoms with Crippen molar-refractivity contribution in [1.82, 2.24) is 34.5 Å². The Morgan fingerprint density at radius 3 is 2.49 bits per heavy atom. The molecule has 11 heteroatoms. The number of hydrogen-bond donors (Lipinski definition) is 0. The van der Waals surface area contributed by atoms with Crippen LogP contribution in [-0.2, 0) is 12.3 Å². The molecule has 0 bridgehead atoms. The molecule has 0 atom stereocenters. The molecule has 2 aromatic carbocycles. The SMILES string of the molecule is COc1ccccc1-n1c(SCc2nc(C(=O)N3CCN(Cc4ccccc4)CC3)cs2)nnc1-c1ccncc1. The third kappa shape index (κ3) is 6.17. The Balaban J connectivity index is 1.13. The Morgan fingerprint density at radius 2 is 1.71 bits per heavy atom. The van der Waals surface area contributed by atoms with Crippen LogP contribution in [0.15, 0.2) is 89.7 Å².